The van der Waals surface area contributed by atoms with Crippen molar-refractivity contribution < 1.29 is 14.3 Å². The second kappa shape index (κ2) is 4.15. The molecule has 1 aromatic heterocycles. The Morgan fingerprint density at radius 3 is 2.73 bits per heavy atom. The highest BCUT2D eigenvalue weighted by Crippen LogP contribution is 2.03. The molecule has 6 heteroatoms. The highest BCUT2D eigenvalue weighted by molar-refractivity contribution is 5.85. The van der Waals surface area contributed by atoms with Crippen LogP contribution in [0.1, 0.15) is 5.69 Å². The van der Waals surface area contributed by atoms with Gasteiger partial charge < -0.3 is 14.9 Å². The van der Waals surface area contributed by atoms with E-state index < -0.39 is 0 Å². The van der Waals surface area contributed by atoms with E-state index in [1.807, 2.05) is 0 Å². The maximum Gasteiger partial charge on any atom is 0.246 e. The molecule has 0 saturated carbocycles. The SMILES string of the molecule is CNCc1c([O-])on[n+]1C.Cl. The van der Waals surface area contributed by atoms with Crippen LogP contribution in [-0.2, 0) is 13.6 Å². The first-order valence-electron chi connectivity index (χ1n) is 2.92. The topological polar surface area (TPSA) is 65.0 Å². The van der Waals surface area contributed by atoms with E-state index in [0.29, 0.717) is 12.2 Å². The fourth-order valence-electron chi connectivity index (χ4n) is 0.686. The summed E-state index contributed by atoms with van der Waals surface area (Å²) in [5.74, 6) is -0.378. The predicted molar refractivity (Wildman–Crippen MR) is 37.1 cm³/mol. The van der Waals surface area contributed by atoms with Gasteiger partial charge in [-0.3, -0.25) is 0 Å². The van der Waals surface area contributed by atoms with Crippen LogP contribution >= 0.6 is 12.4 Å². The lowest BCUT2D eigenvalue weighted by Crippen LogP contribution is -2.36. The van der Waals surface area contributed by atoms with Gasteiger partial charge in [0.15, 0.2) is 13.0 Å². The normalized spacial score (nSPS) is 9.27. The molecule has 0 fully saturated rings. The molecule has 0 saturated heterocycles. The zero-order valence-corrected chi connectivity index (χ0v) is 7.14. The minimum absolute atomic E-state index is 0. The number of nitrogens with one attached hydrogen (secondary N) is 1. The molecule has 0 aliphatic rings. The molecular weight excluding hydrogens is 170 g/mol. The first-order chi connectivity index (χ1) is 4.75. The number of aryl methyl sites for hydroxylation is 1. The van der Waals surface area contributed by atoms with E-state index in [1.165, 1.54) is 4.68 Å². The predicted octanol–water partition coefficient (Wildman–Crippen LogP) is -1.29. The number of hydrogen-bond donors (Lipinski definition) is 1. The number of aromatic nitrogens is 2. The molecular formula is C5H10ClN3O2. The van der Waals surface area contributed by atoms with E-state index in [-0.39, 0.29) is 18.4 Å². The van der Waals surface area contributed by atoms with Gasteiger partial charge in [-0.25, -0.2) is 0 Å². The summed E-state index contributed by atoms with van der Waals surface area (Å²) in [6, 6.07) is 0. The van der Waals surface area contributed by atoms with Gasteiger partial charge in [0, 0.05) is 0 Å². The molecule has 1 N–H and O–H groups in total. The van der Waals surface area contributed by atoms with Crippen LogP contribution in [0.4, 0.5) is 0 Å². The lowest BCUT2D eigenvalue weighted by atomic mass is 10.4. The lowest BCUT2D eigenvalue weighted by molar-refractivity contribution is -0.746. The van der Waals surface area contributed by atoms with Crippen LogP contribution in [0, 0.1) is 0 Å². The third-order valence-corrected chi connectivity index (χ3v) is 1.22. The molecule has 11 heavy (non-hydrogen) atoms. The molecule has 0 bridgehead atoms. The molecule has 0 unspecified atom stereocenters. The average molecular weight is 180 g/mol. The first kappa shape index (κ1) is 10.2. The summed E-state index contributed by atoms with van der Waals surface area (Å²) in [5.41, 5.74) is 0.530. The van der Waals surface area contributed by atoms with Crippen molar-refractivity contribution >= 4 is 12.4 Å². The van der Waals surface area contributed by atoms with Gasteiger partial charge >= 0.3 is 0 Å². The van der Waals surface area contributed by atoms with E-state index in [4.69, 9.17) is 0 Å². The van der Waals surface area contributed by atoms with Crippen molar-refractivity contribution in [3.05, 3.63) is 5.69 Å². The summed E-state index contributed by atoms with van der Waals surface area (Å²) < 4.78 is 5.78. The highest BCUT2D eigenvalue weighted by Gasteiger charge is 2.10. The van der Waals surface area contributed by atoms with Crippen LogP contribution < -0.4 is 15.1 Å². The van der Waals surface area contributed by atoms with Gasteiger partial charge in [0.1, 0.15) is 0 Å². The Morgan fingerprint density at radius 1 is 1.73 bits per heavy atom. The smallest absolute Gasteiger partial charge is 0.246 e. The maximum atomic E-state index is 10.7. The Hall–Kier alpha value is -0.810. The Kier molecular flexibility index (Phi) is 3.84. The van der Waals surface area contributed by atoms with Gasteiger partial charge in [0.2, 0.25) is 5.69 Å². The third kappa shape index (κ3) is 2.06. The van der Waals surface area contributed by atoms with Crippen molar-refractivity contribution in [3.63, 3.8) is 0 Å². The molecule has 0 amide bonds. The number of halogens is 1. The molecule has 0 radical (unpaired) electrons. The van der Waals surface area contributed by atoms with Crippen LogP contribution in [0.3, 0.4) is 0 Å². The molecule has 1 heterocycles. The fourth-order valence-corrected chi connectivity index (χ4v) is 0.686. The Morgan fingerprint density at radius 2 is 2.36 bits per heavy atom. The minimum atomic E-state index is -0.378. The Bertz CT molecular complexity index is 206. The van der Waals surface area contributed by atoms with Crippen molar-refractivity contribution in [3.8, 4) is 5.95 Å². The van der Waals surface area contributed by atoms with Crippen LogP contribution in [0.2, 0.25) is 0 Å². The first-order valence-corrected chi connectivity index (χ1v) is 2.92. The molecule has 0 aliphatic carbocycles. The summed E-state index contributed by atoms with van der Waals surface area (Å²) in [6.45, 7) is 0.485. The summed E-state index contributed by atoms with van der Waals surface area (Å²) in [4.78, 5) is 0. The third-order valence-electron chi connectivity index (χ3n) is 1.22. The average Bonchev–Trinajstić information content (AvgIpc) is 2.20. The quantitative estimate of drug-likeness (QED) is 0.574. The number of rotatable bonds is 2. The summed E-state index contributed by atoms with van der Waals surface area (Å²) >= 11 is 0. The lowest BCUT2D eigenvalue weighted by Gasteiger charge is -1.92. The molecule has 5 nitrogen and oxygen atoms in total. The van der Waals surface area contributed by atoms with Crippen molar-refractivity contribution in [2.24, 2.45) is 7.05 Å². The second-order valence-corrected chi connectivity index (χ2v) is 1.96. The van der Waals surface area contributed by atoms with Crippen LogP contribution in [0.15, 0.2) is 4.52 Å². The summed E-state index contributed by atoms with van der Waals surface area (Å²) in [7, 11) is 3.42. The van der Waals surface area contributed by atoms with Crippen LogP contribution in [0.5, 0.6) is 5.95 Å². The minimum Gasteiger partial charge on any atom is -0.539 e. The highest BCUT2D eigenvalue weighted by atomic mass is 35.5. The van der Waals surface area contributed by atoms with Gasteiger partial charge in [-0.2, -0.15) is 0 Å². The molecule has 0 aromatic carbocycles. The van der Waals surface area contributed by atoms with Gasteiger partial charge in [-0.1, -0.05) is 4.68 Å². The van der Waals surface area contributed by atoms with E-state index in [1.54, 1.807) is 14.1 Å². The molecule has 1 aromatic rings. The summed E-state index contributed by atoms with van der Waals surface area (Å²) in [6.07, 6.45) is 0. The van der Waals surface area contributed by atoms with Crippen molar-refractivity contribution in [1.29, 1.82) is 0 Å². The van der Waals surface area contributed by atoms with Crippen molar-refractivity contribution in [2.45, 2.75) is 6.54 Å². The van der Waals surface area contributed by atoms with E-state index >= 15 is 0 Å². The second-order valence-electron chi connectivity index (χ2n) is 1.96. The van der Waals surface area contributed by atoms with Crippen molar-refractivity contribution in [1.82, 2.24) is 10.6 Å². The van der Waals surface area contributed by atoms with Gasteiger partial charge in [0.05, 0.1) is 11.8 Å². The summed E-state index contributed by atoms with van der Waals surface area (Å²) in [5, 5.41) is 17.0. The van der Waals surface area contributed by atoms with Crippen LogP contribution in [0.25, 0.3) is 0 Å². The van der Waals surface area contributed by atoms with Gasteiger partial charge in [-0.05, 0) is 7.05 Å². The number of nitrogens with zero attached hydrogens (tertiary/aromatic N) is 2. The van der Waals surface area contributed by atoms with Gasteiger partial charge in [-0.15, -0.1) is 12.4 Å². The Labute approximate surface area is 70.4 Å². The maximum absolute atomic E-state index is 10.7. The van der Waals surface area contributed by atoms with Crippen molar-refractivity contribution in [2.75, 3.05) is 7.05 Å². The zero-order chi connectivity index (χ0) is 7.56. The van der Waals surface area contributed by atoms with Crippen LogP contribution in [-0.4, -0.2) is 12.3 Å². The largest absolute Gasteiger partial charge is 0.539 e. The molecule has 0 atom stereocenters. The molecule has 64 valence electrons. The number of hydrogen-bond acceptors (Lipinski definition) is 4. The van der Waals surface area contributed by atoms with E-state index in [0.717, 1.165) is 0 Å². The standard InChI is InChI=1S/C5H9N3O2.ClH/c1-6-3-4-5(9)10-7-8(4)2;/h6H,3H2,1-2H3;1H. The van der Waals surface area contributed by atoms with E-state index in [2.05, 4.69) is 15.1 Å². The Balaban J connectivity index is 0.000001000. The molecule has 0 aliphatic heterocycles. The fraction of sp³-hybridized carbons (Fsp3) is 0.600. The monoisotopic (exact) mass is 179 g/mol. The molecule has 1 rings (SSSR count). The molecule has 0 spiro atoms. The zero-order valence-electron chi connectivity index (χ0n) is 6.33. The van der Waals surface area contributed by atoms with Gasteiger partial charge in [0.25, 0.3) is 0 Å². The van der Waals surface area contributed by atoms with E-state index in [9.17, 15) is 5.11 Å².